The standard InChI is InChI=1S/C11H18O3/c1-11(2)13-8-10(14-11)7-9-5-3-4-6-12-9/h8-9H,3-7H2,1-2H3. The molecular formula is C11H18O3. The monoisotopic (exact) mass is 198 g/mol. The van der Waals surface area contributed by atoms with Gasteiger partial charge in [-0.25, -0.2) is 0 Å². The molecule has 0 N–H and O–H groups in total. The van der Waals surface area contributed by atoms with E-state index in [1.54, 1.807) is 6.26 Å². The van der Waals surface area contributed by atoms with Gasteiger partial charge < -0.3 is 14.2 Å². The molecule has 3 heteroatoms. The van der Waals surface area contributed by atoms with Crippen LogP contribution < -0.4 is 0 Å². The van der Waals surface area contributed by atoms with Gasteiger partial charge in [-0.1, -0.05) is 0 Å². The first-order chi connectivity index (χ1) is 6.66. The van der Waals surface area contributed by atoms with Gasteiger partial charge in [0.05, 0.1) is 6.10 Å². The zero-order valence-electron chi connectivity index (χ0n) is 8.91. The van der Waals surface area contributed by atoms with E-state index in [1.807, 2.05) is 13.8 Å². The van der Waals surface area contributed by atoms with Crippen molar-refractivity contribution >= 4 is 0 Å². The molecule has 1 fully saturated rings. The lowest BCUT2D eigenvalue weighted by atomic mass is 10.1. The van der Waals surface area contributed by atoms with Crippen molar-refractivity contribution in [2.75, 3.05) is 6.61 Å². The second-order valence-electron chi connectivity index (χ2n) is 4.40. The maximum Gasteiger partial charge on any atom is 0.244 e. The maximum atomic E-state index is 5.63. The molecule has 0 spiro atoms. The minimum atomic E-state index is -0.482. The first kappa shape index (κ1) is 9.84. The van der Waals surface area contributed by atoms with Crippen molar-refractivity contribution in [3.63, 3.8) is 0 Å². The van der Waals surface area contributed by atoms with Crippen LogP contribution in [0.25, 0.3) is 0 Å². The largest absolute Gasteiger partial charge is 0.457 e. The van der Waals surface area contributed by atoms with Gasteiger partial charge in [0.15, 0.2) is 0 Å². The van der Waals surface area contributed by atoms with Gasteiger partial charge in [0.25, 0.3) is 0 Å². The van der Waals surface area contributed by atoms with Crippen molar-refractivity contribution in [2.45, 2.75) is 51.4 Å². The maximum absolute atomic E-state index is 5.63. The topological polar surface area (TPSA) is 27.7 Å². The molecule has 0 aromatic heterocycles. The van der Waals surface area contributed by atoms with Crippen LogP contribution in [0.15, 0.2) is 12.0 Å². The number of hydrogen-bond acceptors (Lipinski definition) is 3. The van der Waals surface area contributed by atoms with Gasteiger partial charge in [-0.2, -0.15) is 0 Å². The molecule has 2 aliphatic heterocycles. The van der Waals surface area contributed by atoms with Gasteiger partial charge in [0.2, 0.25) is 5.79 Å². The fourth-order valence-electron chi connectivity index (χ4n) is 1.85. The first-order valence-corrected chi connectivity index (χ1v) is 5.33. The third-order valence-corrected chi connectivity index (χ3v) is 2.55. The van der Waals surface area contributed by atoms with Crippen LogP contribution in [-0.2, 0) is 14.2 Å². The van der Waals surface area contributed by atoms with Crippen LogP contribution in [0.5, 0.6) is 0 Å². The molecule has 1 atom stereocenters. The summed E-state index contributed by atoms with van der Waals surface area (Å²) in [6, 6.07) is 0. The van der Waals surface area contributed by atoms with Crippen molar-refractivity contribution < 1.29 is 14.2 Å². The molecular weight excluding hydrogens is 180 g/mol. The normalized spacial score (nSPS) is 30.4. The van der Waals surface area contributed by atoms with E-state index in [-0.39, 0.29) is 0 Å². The third-order valence-electron chi connectivity index (χ3n) is 2.55. The summed E-state index contributed by atoms with van der Waals surface area (Å²) in [7, 11) is 0. The third kappa shape index (κ3) is 2.41. The summed E-state index contributed by atoms with van der Waals surface area (Å²) in [4.78, 5) is 0. The summed E-state index contributed by atoms with van der Waals surface area (Å²) in [6.07, 6.45) is 6.50. The lowest BCUT2D eigenvalue weighted by Crippen LogP contribution is -2.23. The van der Waals surface area contributed by atoms with Crippen molar-refractivity contribution in [3.05, 3.63) is 12.0 Å². The van der Waals surface area contributed by atoms with E-state index in [0.717, 1.165) is 25.2 Å². The summed E-state index contributed by atoms with van der Waals surface area (Å²) in [5, 5.41) is 0. The molecule has 0 radical (unpaired) electrons. The van der Waals surface area contributed by atoms with Gasteiger partial charge >= 0.3 is 0 Å². The highest BCUT2D eigenvalue weighted by molar-refractivity contribution is 4.97. The number of hydrogen-bond donors (Lipinski definition) is 0. The highest BCUT2D eigenvalue weighted by Crippen LogP contribution is 2.29. The van der Waals surface area contributed by atoms with E-state index < -0.39 is 5.79 Å². The minimum Gasteiger partial charge on any atom is -0.457 e. The smallest absolute Gasteiger partial charge is 0.244 e. The lowest BCUT2D eigenvalue weighted by molar-refractivity contribution is -0.120. The summed E-state index contributed by atoms with van der Waals surface area (Å²) < 4.78 is 16.6. The number of ether oxygens (including phenoxy) is 3. The Morgan fingerprint density at radius 2 is 2.29 bits per heavy atom. The molecule has 1 unspecified atom stereocenters. The van der Waals surface area contributed by atoms with Crippen LogP contribution in [0.1, 0.15) is 39.5 Å². The van der Waals surface area contributed by atoms with Crippen molar-refractivity contribution in [3.8, 4) is 0 Å². The zero-order chi connectivity index (χ0) is 10.0. The van der Waals surface area contributed by atoms with Crippen LogP contribution in [0, 0.1) is 0 Å². The molecule has 0 bridgehead atoms. The average molecular weight is 198 g/mol. The molecule has 0 aliphatic carbocycles. The van der Waals surface area contributed by atoms with Crippen LogP contribution in [0.4, 0.5) is 0 Å². The Balaban J connectivity index is 1.80. The van der Waals surface area contributed by atoms with Crippen molar-refractivity contribution in [1.29, 1.82) is 0 Å². The predicted molar refractivity (Wildman–Crippen MR) is 52.5 cm³/mol. The molecule has 1 saturated heterocycles. The molecule has 2 heterocycles. The molecule has 0 saturated carbocycles. The Hall–Kier alpha value is -0.700. The van der Waals surface area contributed by atoms with Gasteiger partial charge in [-0.15, -0.1) is 0 Å². The summed E-state index contributed by atoms with van der Waals surface area (Å²) in [5.41, 5.74) is 0. The van der Waals surface area contributed by atoms with E-state index in [1.165, 1.54) is 12.8 Å². The van der Waals surface area contributed by atoms with E-state index in [9.17, 15) is 0 Å². The highest BCUT2D eigenvalue weighted by Gasteiger charge is 2.29. The van der Waals surface area contributed by atoms with Crippen LogP contribution >= 0.6 is 0 Å². The molecule has 2 aliphatic rings. The summed E-state index contributed by atoms with van der Waals surface area (Å²) in [6.45, 7) is 4.72. The Morgan fingerprint density at radius 1 is 1.43 bits per heavy atom. The van der Waals surface area contributed by atoms with Crippen LogP contribution in [-0.4, -0.2) is 18.5 Å². The Morgan fingerprint density at radius 3 is 2.86 bits per heavy atom. The molecule has 3 nitrogen and oxygen atoms in total. The first-order valence-electron chi connectivity index (χ1n) is 5.33. The van der Waals surface area contributed by atoms with Crippen molar-refractivity contribution in [2.24, 2.45) is 0 Å². The van der Waals surface area contributed by atoms with E-state index in [4.69, 9.17) is 14.2 Å². The summed E-state index contributed by atoms with van der Waals surface area (Å²) >= 11 is 0. The second kappa shape index (κ2) is 3.81. The fourth-order valence-corrected chi connectivity index (χ4v) is 1.85. The van der Waals surface area contributed by atoms with Crippen molar-refractivity contribution in [1.82, 2.24) is 0 Å². The molecule has 80 valence electrons. The van der Waals surface area contributed by atoms with Gasteiger partial charge in [0.1, 0.15) is 12.0 Å². The SMILES string of the molecule is CC1(C)OC=C(CC2CCCCO2)O1. The Labute approximate surface area is 85.0 Å². The highest BCUT2D eigenvalue weighted by atomic mass is 16.7. The Bertz CT molecular complexity index is 227. The van der Waals surface area contributed by atoms with E-state index in [2.05, 4.69) is 0 Å². The lowest BCUT2D eigenvalue weighted by Gasteiger charge is -2.23. The molecule has 2 rings (SSSR count). The average Bonchev–Trinajstić information content (AvgIpc) is 2.47. The second-order valence-corrected chi connectivity index (χ2v) is 4.40. The van der Waals surface area contributed by atoms with E-state index in [0.29, 0.717) is 6.10 Å². The quantitative estimate of drug-likeness (QED) is 0.682. The van der Waals surface area contributed by atoms with Gasteiger partial charge in [-0.3, -0.25) is 0 Å². The zero-order valence-corrected chi connectivity index (χ0v) is 8.91. The Kier molecular flexibility index (Phi) is 2.68. The van der Waals surface area contributed by atoms with Gasteiger partial charge in [0, 0.05) is 26.9 Å². The predicted octanol–water partition coefficient (Wildman–Crippen LogP) is 2.57. The fraction of sp³-hybridized carbons (Fsp3) is 0.818. The van der Waals surface area contributed by atoms with E-state index >= 15 is 0 Å². The molecule has 0 aromatic carbocycles. The molecule has 0 aromatic rings. The molecule has 0 amide bonds. The number of rotatable bonds is 2. The van der Waals surface area contributed by atoms with Gasteiger partial charge in [-0.05, 0) is 19.3 Å². The van der Waals surface area contributed by atoms with Crippen LogP contribution in [0.3, 0.4) is 0 Å². The summed E-state index contributed by atoms with van der Waals surface area (Å²) in [5.74, 6) is 0.436. The van der Waals surface area contributed by atoms with Crippen LogP contribution in [0.2, 0.25) is 0 Å². The molecule has 14 heavy (non-hydrogen) atoms. The minimum absolute atomic E-state index is 0.326.